The Hall–Kier alpha value is -3.80. The molecule has 4 rings (SSSR count). The monoisotopic (exact) mass is 457 g/mol. The van der Waals surface area contributed by atoms with Gasteiger partial charge in [0.1, 0.15) is 12.4 Å². The van der Waals surface area contributed by atoms with Crippen LogP contribution in [-0.4, -0.2) is 42.9 Å². The highest BCUT2D eigenvalue weighted by Crippen LogP contribution is 2.27. The minimum absolute atomic E-state index is 0.00764. The highest BCUT2D eigenvalue weighted by Gasteiger charge is 2.24. The lowest BCUT2D eigenvalue weighted by molar-refractivity contribution is -0.134. The topological polar surface area (TPSA) is 61.9 Å². The van der Waals surface area contributed by atoms with Crippen molar-refractivity contribution < 1.29 is 14.3 Å². The number of para-hydroxylation sites is 2. The van der Waals surface area contributed by atoms with Crippen molar-refractivity contribution in [2.45, 2.75) is 20.5 Å². The van der Waals surface area contributed by atoms with Crippen LogP contribution in [0.2, 0.25) is 0 Å². The number of anilines is 2. The van der Waals surface area contributed by atoms with Gasteiger partial charge in [-0.25, -0.2) is 0 Å². The molecule has 34 heavy (non-hydrogen) atoms. The molecule has 1 aliphatic heterocycles. The Balaban J connectivity index is 1.37. The van der Waals surface area contributed by atoms with Gasteiger partial charge in [0.25, 0.3) is 5.91 Å². The molecule has 0 aromatic heterocycles. The maximum Gasteiger partial charge on any atom is 0.255 e. The predicted octanol–water partition coefficient (Wildman–Crippen LogP) is 4.82. The second-order valence-corrected chi connectivity index (χ2v) is 8.74. The van der Waals surface area contributed by atoms with E-state index in [1.54, 1.807) is 12.1 Å². The maximum atomic E-state index is 12.9. The molecule has 0 atom stereocenters. The lowest BCUT2D eigenvalue weighted by atomic mass is 10.1. The van der Waals surface area contributed by atoms with Gasteiger partial charge in [0.2, 0.25) is 5.91 Å². The Kier molecular flexibility index (Phi) is 7.48. The zero-order chi connectivity index (χ0) is 23.9. The van der Waals surface area contributed by atoms with Gasteiger partial charge in [-0.2, -0.15) is 0 Å². The van der Waals surface area contributed by atoms with Crippen LogP contribution in [0.25, 0.3) is 0 Å². The summed E-state index contributed by atoms with van der Waals surface area (Å²) < 4.78 is 5.82. The van der Waals surface area contributed by atoms with Gasteiger partial charge < -0.3 is 19.9 Å². The number of benzene rings is 3. The van der Waals surface area contributed by atoms with Crippen molar-refractivity contribution in [3.05, 3.63) is 90.0 Å². The first-order valence-electron chi connectivity index (χ1n) is 11.7. The van der Waals surface area contributed by atoms with Crippen LogP contribution in [-0.2, 0) is 11.4 Å². The van der Waals surface area contributed by atoms with Crippen molar-refractivity contribution in [2.75, 3.05) is 36.4 Å². The molecule has 0 aliphatic carbocycles. The number of nitrogens with one attached hydrogen (secondary N) is 1. The van der Waals surface area contributed by atoms with Crippen LogP contribution in [0.1, 0.15) is 29.8 Å². The summed E-state index contributed by atoms with van der Waals surface area (Å²) in [5.41, 5.74) is 3.39. The molecule has 1 N–H and O–H groups in total. The van der Waals surface area contributed by atoms with Crippen LogP contribution in [0, 0.1) is 5.92 Å². The van der Waals surface area contributed by atoms with Gasteiger partial charge in [-0.05, 0) is 42.0 Å². The number of hydrogen-bond acceptors (Lipinski definition) is 4. The highest BCUT2D eigenvalue weighted by molar-refractivity contribution is 6.06. The van der Waals surface area contributed by atoms with Crippen LogP contribution in [0.4, 0.5) is 11.4 Å². The van der Waals surface area contributed by atoms with Crippen LogP contribution in [0.15, 0.2) is 78.9 Å². The minimum atomic E-state index is -0.171. The molecule has 6 heteroatoms. The second kappa shape index (κ2) is 10.9. The lowest BCUT2D eigenvalue weighted by Gasteiger charge is -2.37. The van der Waals surface area contributed by atoms with Gasteiger partial charge in [0, 0.05) is 37.7 Å². The van der Waals surface area contributed by atoms with E-state index in [4.69, 9.17) is 4.74 Å². The molecule has 0 unspecified atom stereocenters. The summed E-state index contributed by atoms with van der Waals surface area (Å²) in [5.74, 6) is 0.746. The number of carbonyl (C=O) groups excluding carboxylic acids is 2. The first kappa shape index (κ1) is 23.4. The molecule has 0 spiro atoms. The number of nitrogens with zero attached hydrogens (tertiary/aromatic N) is 2. The average Bonchev–Trinajstić information content (AvgIpc) is 2.88. The number of hydrogen-bond donors (Lipinski definition) is 1. The van der Waals surface area contributed by atoms with E-state index in [1.165, 1.54) is 0 Å². The van der Waals surface area contributed by atoms with E-state index in [-0.39, 0.29) is 17.7 Å². The smallest absolute Gasteiger partial charge is 0.255 e. The molecule has 2 amide bonds. The van der Waals surface area contributed by atoms with E-state index in [0.717, 1.165) is 35.8 Å². The average molecular weight is 458 g/mol. The molecule has 1 fully saturated rings. The molecule has 176 valence electrons. The molecular formula is C28H31N3O3. The standard InChI is InChI=1S/C28H31N3O3/c1-21(2)28(33)31-18-16-30(17-19-31)26-11-7-6-10-25(26)29-27(32)23-12-14-24(15-13-23)34-20-22-8-4-3-5-9-22/h3-15,21H,16-20H2,1-2H3,(H,29,32). The molecule has 1 heterocycles. The highest BCUT2D eigenvalue weighted by atomic mass is 16.5. The van der Waals surface area contributed by atoms with E-state index in [0.29, 0.717) is 25.3 Å². The van der Waals surface area contributed by atoms with E-state index in [9.17, 15) is 9.59 Å². The van der Waals surface area contributed by atoms with Crippen molar-refractivity contribution in [3.63, 3.8) is 0 Å². The summed E-state index contributed by atoms with van der Waals surface area (Å²) in [6.45, 7) is 7.18. The Morgan fingerprint density at radius 2 is 1.50 bits per heavy atom. The molecule has 0 radical (unpaired) electrons. The van der Waals surface area contributed by atoms with Crippen molar-refractivity contribution in [1.29, 1.82) is 0 Å². The number of rotatable bonds is 7. The Morgan fingerprint density at radius 3 is 2.18 bits per heavy atom. The van der Waals surface area contributed by atoms with Gasteiger partial charge >= 0.3 is 0 Å². The first-order chi connectivity index (χ1) is 16.5. The van der Waals surface area contributed by atoms with Crippen molar-refractivity contribution >= 4 is 23.2 Å². The Bertz CT molecular complexity index is 1110. The quantitative estimate of drug-likeness (QED) is 0.552. The van der Waals surface area contributed by atoms with Gasteiger partial charge in [0.05, 0.1) is 11.4 Å². The van der Waals surface area contributed by atoms with Crippen LogP contribution < -0.4 is 15.0 Å². The third-order valence-electron chi connectivity index (χ3n) is 5.94. The van der Waals surface area contributed by atoms with Crippen molar-refractivity contribution in [2.24, 2.45) is 5.92 Å². The summed E-state index contributed by atoms with van der Waals surface area (Å²) >= 11 is 0. The minimum Gasteiger partial charge on any atom is -0.489 e. The fourth-order valence-corrected chi connectivity index (χ4v) is 4.03. The number of piperazine rings is 1. The summed E-state index contributed by atoms with van der Waals surface area (Å²) in [6, 6.07) is 24.9. The summed E-state index contributed by atoms with van der Waals surface area (Å²) in [6.07, 6.45) is 0. The fourth-order valence-electron chi connectivity index (χ4n) is 4.03. The SMILES string of the molecule is CC(C)C(=O)N1CCN(c2ccccc2NC(=O)c2ccc(OCc3ccccc3)cc2)CC1. The molecule has 3 aromatic rings. The van der Waals surface area contributed by atoms with Crippen LogP contribution >= 0.6 is 0 Å². The molecule has 3 aromatic carbocycles. The Labute approximate surface area is 201 Å². The molecular weight excluding hydrogens is 426 g/mol. The number of carbonyl (C=O) groups is 2. The molecule has 0 bridgehead atoms. The van der Waals surface area contributed by atoms with Gasteiger partial charge in [-0.15, -0.1) is 0 Å². The van der Waals surface area contributed by atoms with Gasteiger partial charge in [-0.1, -0.05) is 56.3 Å². The summed E-state index contributed by atoms with van der Waals surface area (Å²) in [7, 11) is 0. The number of amides is 2. The Morgan fingerprint density at radius 1 is 0.853 bits per heavy atom. The zero-order valence-corrected chi connectivity index (χ0v) is 19.7. The normalized spacial score (nSPS) is 13.6. The van der Waals surface area contributed by atoms with Crippen molar-refractivity contribution in [3.8, 4) is 5.75 Å². The molecule has 0 saturated carbocycles. The lowest BCUT2D eigenvalue weighted by Crippen LogP contribution is -2.50. The fraction of sp³-hybridized carbons (Fsp3) is 0.286. The maximum absolute atomic E-state index is 12.9. The summed E-state index contributed by atoms with van der Waals surface area (Å²) in [4.78, 5) is 29.4. The summed E-state index contributed by atoms with van der Waals surface area (Å²) in [5, 5.41) is 3.05. The van der Waals surface area contributed by atoms with E-state index < -0.39 is 0 Å². The second-order valence-electron chi connectivity index (χ2n) is 8.74. The molecule has 1 aliphatic rings. The predicted molar refractivity (Wildman–Crippen MR) is 135 cm³/mol. The largest absolute Gasteiger partial charge is 0.489 e. The van der Waals surface area contributed by atoms with Crippen LogP contribution in [0.3, 0.4) is 0 Å². The number of ether oxygens (including phenoxy) is 1. The first-order valence-corrected chi connectivity index (χ1v) is 11.7. The van der Waals surface area contributed by atoms with Gasteiger partial charge in [-0.3, -0.25) is 9.59 Å². The van der Waals surface area contributed by atoms with E-state index >= 15 is 0 Å². The molecule has 1 saturated heterocycles. The third kappa shape index (κ3) is 5.76. The van der Waals surface area contributed by atoms with Gasteiger partial charge in [0.15, 0.2) is 0 Å². The third-order valence-corrected chi connectivity index (χ3v) is 5.94. The van der Waals surface area contributed by atoms with E-state index in [2.05, 4.69) is 10.2 Å². The van der Waals surface area contributed by atoms with Crippen molar-refractivity contribution in [1.82, 2.24) is 4.90 Å². The van der Waals surface area contributed by atoms with Crippen LogP contribution in [0.5, 0.6) is 5.75 Å². The molecule has 6 nitrogen and oxygen atoms in total. The zero-order valence-electron chi connectivity index (χ0n) is 19.7. The van der Waals surface area contributed by atoms with E-state index in [1.807, 2.05) is 85.5 Å².